The topological polar surface area (TPSA) is 61.9 Å². The van der Waals surface area contributed by atoms with E-state index in [-0.39, 0.29) is 36.3 Å². The number of nitrogens with one attached hydrogen (secondary N) is 1. The number of piperazine rings is 1. The van der Waals surface area contributed by atoms with Gasteiger partial charge in [-0.15, -0.1) is 0 Å². The summed E-state index contributed by atoms with van der Waals surface area (Å²) < 4.78 is 18.1. The standard InChI is InChI=1S/C26H29ClFN3O3/c1-17-11-19(24(12-23(17)27)29-25(32)16-34-2)5-10-26(33)31-21-8-9-22(31)15-30(14-21)13-18-3-6-20(28)7-4-18/h3-7,10-12,21-22H,8-9,13-16H2,1-2H3,(H,29,32)/b10-5+. The van der Waals surface area contributed by atoms with Crippen LogP contribution in [0.25, 0.3) is 6.08 Å². The molecule has 0 aromatic heterocycles. The fraction of sp³-hybridized carbons (Fsp3) is 0.385. The van der Waals surface area contributed by atoms with E-state index in [0.29, 0.717) is 16.3 Å². The van der Waals surface area contributed by atoms with Gasteiger partial charge in [0.1, 0.15) is 12.4 Å². The van der Waals surface area contributed by atoms with Crippen LogP contribution in [-0.2, 0) is 20.9 Å². The highest BCUT2D eigenvalue weighted by Gasteiger charge is 2.41. The number of rotatable bonds is 7. The summed E-state index contributed by atoms with van der Waals surface area (Å²) >= 11 is 6.25. The highest BCUT2D eigenvalue weighted by atomic mass is 35.5. The molecule has 0 spiro atoms. The van der Waals surface area contributed by atoms with Crippen LogP contribution in [0.1, 0.15) is 29.5 Å². The van der Waals surface area contributed by atoms with Gasteiger partial charge in [0.15, 0.2) is 0 Å². The number of anilines is 1. The molecule has 2 fully saturated rings. The van der Waals surface area contributed by atoms with Crippen LogP contribution < -0.4 is 5.32 Å². The number of aryl methyl sites for hydroxylation is 1. The molecule has 2 aromatic carbocycles. The lowest BCUT2D eigenvalue weighted by molar-refractivity contribution is -0.131. The molecule has 2 heterocycles. The normalized spacial score (nSPS) is 20.2. The predicted molar refractivity (Wildman–Crippen MR) is 131 cm³/mol. The van der Waals surface area contributed by atoms with Gasteiger partial charge >= 0.3 is 0 Å². The zero-order chi connectivity index (χ0) is 24.2. The monoisotopic (exact) mass is 485 g/mol. The van der Waals surface area contributed by atoms with E-state index in [2.05, 4.69) is 10.2 Å². The van der Waals surface area contributed by atoms with E-state index in [9.17, 15) is 14.0 Å². The minimum absolute atomic E-state index is 0.0318. The maximum Gasteiger partial charge on any atom is 0.250 e. The Labute approximate surface area is 204 Å². The number of carbonyl (C=O) groups excluding carboxylic acids is 2. The summed E-state index contributed by atoms with van der Waals surface area (Å²) in [7, 11) is 1.45. The predicted octanol–water partition coefficient (Wildman–Crippen LogP) is 4.26. The van der Waals surface area contributed by atoms with Crippen LogP contribution in [0.4, 0.5) is 10.1 Å². The third-order valence-electron chi connectivity index (χ3n) is 6.42. The van der Waals surface area contributed by atoms with Gasteiger partial charge in [0.25, 0.3) is 0 Å². The highest BCUT2D eigenvalue weighted by Crippen LogP contribution is 2.32. The highest BCUT2D eigenvalue weighted by molar-refractivity contribution is 6.31. The van der Waals surface area contributed by atoms with Crippen molar-refractivity contribution in [1.29, 1.82) is 0 Å². The van der Waals surface area contributed by atoms with Crippen molar-refractivity contribution in [3.8, 4) is 0 Å². The average Bonchev–Trinajstić information content (AvgIpc) is 3.07. The number of hydrogen-bond donors (Lipinski definition) is 1. The zero-order valence-corrected chi connectivity index (χ0v) is 20.1. The Morgan fingerprint density at radius 2 is 1.85 bits per heavy atom. The molecule has 2 amide bonds. The Morgan fingerprint density at radius 1 is 1.18 bits per heavy atom. The van der Waals surface area contributed by atoms with Crippen molar-refractivity contribution in [2.24, 2.45) is 0 Å². The quantitative estimate of drug-likeness (QED) is 0.595. The van der Waals surface area contributed by atoms with E-state index in [1.165, 1.54) is 19.2 Å². The minimum Gasteiger partial charge on any atom is -0.375 e. The summed E-state index contributed by atoms with van der Waals surface area (Å²) in [5.74, 6) is -0.558. The molecule has 4 rings (SSSR count). The first-order chi connectivity index (χ1) is 16.3. The van der Waals surface area contributed by atoms with E-state index in [0.717, 1.165) is 43.6 Å². The fourth-order valence-electron chi connectivity index (χ4n) is 4.84. The van der Waals surface area contributed by atoms with Crippen molar-refractivity contribution in [2.75, 3.05) is 32.1 Å². The molecule has 2 saturated heterocycles. The second kappa shape index (κ2) is 10.7. The van der Waals surface area contributed by atoms with E-state index in [1.807, 2.05) is 30.0 Å². The first-order valence-electron chi connectivity index (χ1n) is 11.4. The molecule has 2 aromatic rings. The molecule has 0 aliphatic carbocycles. The van der Waals surface area contributed by atoms with Crippen molar-refractivity contribution < 1.29 is 18.7 Å². The van der Waals surface area contributed by atoms with Gasteiger partial charge in [-0.3, -0.25) is 14.5 Å². The zero-order valence-electron chi connectivity index (χ0n) is 19.4. The van der Waals surface area contributed by atoms with Crippen LogP contribution in [0.5, 0.6) is 0 Å². The minimum atomic E-state index is -0.293. The second-order valence-corrected chi connectivity index (χ2v) is 9.36. The van der Waals surface area contributed by atoms with E-state index in [1.54, 1.807) is 18.2 Å². The van der Waals surface area contributed by atoms with Gasteiger partial charge in [-0.1, -0.05) is 23.7 Å². The molecule has 0 radical (unpaired) electrons. The molecule has 2 aliphatic rings. The Kier molecular flexibility index (Phi) is 7.66. The van der Waals surface area contributed by atoms with Crippen molar-refractivity contribution in [3.05, 3.63) is 70.0 Å². The molecule has 2 bridgehead atoms. The molecule has 8 heteroatoms. The van der Waals surface area contributed by atoms with Crippen molar-refractivity contribution >= 4 is 35.2 Å². The smallest absolute Gasteiger partial charge is 0.250 e. The number of halogens is 2. The SMILES string of the molecule is COCC(=O)Nc1cc(Cl)c(C)cc1/C=C/C(=O)N1C2CCC1CN(Cc1ccc(F)cc1)C2. The van der Waals surface area contributed by atoms with Crippen LogP contribution in [0.2, 0.25) is 5.02 Å². The fourth-order valence-corrected chi connectivity index (χ4v) is 5.01. The van der Waals surface area contributed by atoms with Gasteiger partial charge in [0.2, 0.25) is 11.8 Å². The molecule has 2 atom stereocenters. The maximum atomic E-state index is 13.2. The summed E-state index contributed by atoms with van der Waals surface area (Å²) in [5, 5.41) is 3.32. The van der Waals surface area contributed by atoms with E-state index >= 15 is 0 Å². The molecule has 0 saturated carbocycles. The molecule has 34 heavy (non-hydrogen) atoms. The maximum absolute atomic E-state index is 13.2. The van der Waals surface area contributed by atoms with E-state index < -0.39 is 0 Å². The van der Waals surface area contributed by atoms with Crippen LogP contribution >= 0.6 is 11.6 Å². The Bertz CT molecular complexity index is 1080. The lowest BCUT2D eigenvalue weighted by Crippen LogP contribution is -2.55. The number of hydrogen-bond acceptors (Lipinski definition) is 4. The van der Waals surface area contributed by atoms with Crippen molar-refractivity contribution in [1.82, 2.24) is 9.80 Å². The molecule has 2 aliphatic heterocycles. The summed E-state index contributed by atoms with van der Waals surface area (Å²) in [6.45, 7) is 4.15. The van der Waals surface area contributed by atoms with E-state index in [4.69, 9.17) is 16.3 Å². The molecule has 6 nitrogen and oxygen atoms in total. The molecule has 180 valence electrons. The third-order valence-corrected chi connectivity index (χ3v) is 6.82. The lowest BCUT2D eigenvalue weighted by atomic mass is 10.1. The molecule has 1 N–H and O–H groups in total. The van der Waals surface area contributed by atoms with Gasteiger partial charge < -0.3 is 15.0 Å². The van der Waals surface area contributed by atoms with Crippen LogP contribution in [0.3, 0.4) is 0 Å². The van der Waals surface area contributed by atoms with Gasteiger partial charge in [0, 0.05) is 55.6 Å². The van der Waals surface area contributed by atoms with Crippen LogP contribution in [-0.4, -0.2) is 60.5 Å². The number of fused-ring (bicyclic) bond motifs is 2. The first-order valence-corrected chi connectivity index (χ1v) is 11.8. The van der Waals surface area contributed by atoms with Crippen LogP contribution in [0, 0.1) is 12.7 Å². The molecule has 2 unspecified atom stereocenters. The second-order valence-electron chi connectivity index (χ2n) is 8.95. The van der Waals surface area contributed by atoms with Gasteiger partial charge in [-0.05, 0) is 66.8 Å². The number of amides is 2. The Hall–Kier alpha value is -2.74. The summed E-state index contributed by atoms with van der Waals surface area (Å²) in [5.41, 5.74) is 3.17. The number of nitrogens with zero attached hydrogens (tertiary/aromatic N) is 2. The van der Waals surface area contributed by atoms with Gasteiger partial charge in [0.05, 0.1) is 0 Å². The molecular weight excluding hydrogens is 457 g/mol. The van der Waals surface area contributed by atoms with Gasteiger partial charge in [-0.25, -0.2) is 4.39 Å². The number of benzene rings is 2. The Morgan fingerprint density at radius 3 is 2.50 bits per heavy atom. The first kappa shape index (κ1) is 24.4. The lowest BCUT2D eigenvalue weighted by Gasteiger charge is -2.40. The average molecular weight is 486 g/mol. The summed E-state index contributed by atoms with van der Waals surface area (Å²) in [4.78, 5) is 29.5. The largest absolute Gasteiger partial charge is 0.375 e. The molecular formula is C26H29ClFN3O3. The number of carbonyl (C=O) groups is 2. The third kappa shape index (κ3) is 5.66. The van der Waals surface area contributed by atoms with Crippen molar-refractivity contribution in [2.45, 2.75) is 38.4 Å². The number of likely N-dealkylation sites (tertiary alicyclic amines) is 1. The van der Waals surface area contributed by atoms with Crippen molar-refractivity contribution in [3.63, 3.8) is 0 Å². The summed E-state index contributed by atoms with van der Waals surface area (Å²) in [6.07, 6.45) is 5.26. The number of ether oxygens (including phenoxy) is 1. The summed E-state index contributed by atoms with van der Waals surface area (Å²) in [6, 6.07) is 10.4. The Balaban J connectivity index is 1.44. The number of methoxy groups -OCH3 is 1. The van der Waals surface area contributed by atoms with Gasteiger partial charge in [-0.2, -0.15) is 0 Å². The van der Waals surface area contributed by atoms with Crippen LogP contribution in [0.15, 0.2) is 42.5 Å².